The second-order valence-corrected chi connectivity index (χ2v) is 3.00. The van der Waals surface area contributed by atoms with Crippen LogP contribution in [0.4, 0.5) is 4.39 Å². The largest absolute Gasteiger partial charge is 0.491 e. The second-order valence-electron chi connectivity index (χ2n) is 2.59. The summed E-state index contributed by atoms with van der Waals surface area (Å²) in [5.74, 6) is -0.495. The van der Waals surface area contributed by atoms with Gasteiger partial charge in [-0.1, -0.05) is 17.7 Å². The molecule has 0 aromatic heterocycles. The van der Waals surface area contributed by atoms with Crippen LogP contribution in [0.15, 0.2) is 12.1 Å². The van der Waals surface area contributed by atoms with E-state index in [1.165, 1.54) is 6.07 Å². The fraction of sp³-hybridized carbons (Fsp3) is 0.143. The molecule has 1 N–H and O–H groups in total. The number of rotatable bonds is 0. The molecule has 0 fully saturated rings. The average Bonchev–Trinajstić information content (AvgIpc) is 2.41. The molecule has 0 saturated carbocycles. The van der Waals surface area contributed by atoms with Gasteiger partial charge >= 0.3 is 7.12 Å². The zero-order valence-electron chi connectivity index (χ0n) is 6.05. The molecule has 0 unspecified atom stereocenters. The zero-order chi connectivity index (χ0) is 8.72. The number of fused-ring (bicyclic) bond motifs is 1. The number of hydrogen-bond acceptors (Lipinski definition) is 2. The van der Waals surface area contributed by atoms with Crippen molar-refractivity contribution in [3.63, 3.8) is 0 Å². The van der Waals surface area contributed by atoms with Crippen molar-refractivity contribution in [2.45, 2.75) is 6.61 Å². The lowest BCUT2D eigenvalue weighted by Crippen LogP contribution is -2.28. The molecule has 5 heteroatoms. The van der Waals surface area contributed by atoms with E-state index in [1.54, 1.807) is 6.07 Å². The molecule has 0 radical (unpaired) electrons. The normalized spacial score (nSPS) is 15.1. The maximum absolute atomic E-state index is 13.2. The predicted octanol–water partition coefficient (Wildman–Crippen LogP) is 0.697. The maximum Gasteiger partial charge on any atom is 0.491 e. The Labute approximate surface area is 74.1 Å². The summed E-state index contributed by atoms with van der Waals surface area (Å²) in [5.41, 5.74) is 0.826. The lowest BCUT2D eigenvalue weighted by molar-refractivity contribution is 0.272. The van der Waals surface area contributed by atoms with Gasteiger partial charge in [0.1, 0.15) is 5.82 Å². The third-order valence-corrected chi connectivity index (χ3v) is 2.18. The van der Waals surface area contributed by atoms with Gasteiger partial charge in [-0.2, -0.15) is 0 Å². The summed E-state index contributed by atoms with van der Waals surface area (Å²) in [4.78, 5) is 0. The Morgan fingerprint density at radius 3 is 3.08 bits per heavy atom. The minimum absolute atomic E-state index is 0.0615. The maximum atomic E-state index is 13.2. The lowest BCUT2D eigenvalue weighted by Gasteiger charge is -2.00. The first kappa shape index (κ1) is 8.04. The van der Waals surface area contributed by atoms with Crippen molar-refractivity contribution in [2.24, 2.45) is 0 Å². The fourth-order valence-corrected chi connectivity index (χ4v) is 1.41. The van der Waals surface area contributed by atoms with Crippen LogP contribution in [0.5, 0.6) is 0 Å². The van der Waals surface area contributed by atoms with Crippen LogP contribution in [0.25, 0.3) is 0 Å². The van der Waals surface area contributed by atoms with Crippen molar-refractivity contribution in [1.29, 1.82) is 0 Å². The molecule has 0 saturated heterocycles. The summed E-state index contributed by atoms with van der Waals surface area (Å²) in [6.45, 7) is 0.0862. The number of halogens is 2. The van der Waals surface area contributed by atoms with E-state index in [1.807, 2.05) is 0 Å². The molecular formula is C7H5BClFO2. The van der Waals surface area contributed by atoms with Crippen LogP contribution in [0.1, 0.15) is 5.56 Å². The van der Waals surface area contributed by atoms with Crippen molar-refractivity contribution in [3.8, 4) is 0 Å². The molecule has 62 valence electrons. The highest BCUT2D eigenvalue weighted by Gasteiger charge is 2.30. The standard InChI is InChI=1S/C7H5BClFO2/c9-6-2-1-5-4(7(6)10)3-12-8(5)11/h1-2,11H,3H2. The van der Waals surface area contributed by atoms with Gasteiger partial charge in [0, 0.05) is 5.56 Å². The summed E-state index contributed by atoms with van der Waals surface area (Å²) in [6, 6.07) is 2.98. The Morgan fingerprint density at radius 2 is 2.33 bits per heavy atom. The minimum atomic E-state index is -1.01. The second kappa shape index (κ2) is 2.73. The Kier molecular flexibility index (Phi) is 1.83. The van der Waals surface area contributed by atoms with E-state index in [4.69, 9.17) is 21.3 Å². The highest BCUT2D eigenvalue weighted by Crippen LogP contribution is 2.20. The van der Waals surface area contributed by atoms with Crippen LogP contribution in [0.3, 0.4) is 0 Å². The molecule has 0 atom stereocenters. The van der Waals surface area contributed by atoms with Crippen LogP contribution < -0.4 is 5.46 Å². The Balaban J connectivity index is 2.60. The van der Waals surface area contributed by atoms with Crippen molar-refractivity contribution in [2.75, 3.05) is 0 Å². The van der Waals surface area contributed by atoms with Crippen LogP contribution >= 0.6 is 11.6 Å². The van der Waals surface area contributed by atoms with Gasteiger partial charge in [0.25, 0.3) is 0 Å². The molecule has 1 aliphatic rings. The van der Waals surface area contributed by atoms with Gasteiger partial charge in [0.2, 0.25) is 0 Å². The van der Waals surface area contributed by atoms with Crippen molar-refractivity contribution < 1.29 is 14.1 Å². The minimum Gasteiger partial charge on any atom is -0.423 e. The number of hydrogen-bond donors (Lipinski definition) is 1. The summed E-state index contributed by atoms with van der Waals surface area (Å²) in [7, 11) is -1.01. The zero-order valence-corrected chi connectivity index (χ0v) is 6.81. The van der Waals surface area contributed by atoms with Gasteiger partial charge in [0.15, 0.2) is 0 Å². The summed E-state index contributed by atoms with van der Waals surface area (Å²) in [5, 5.41) is 9.23. The van der Waals surface area contributed by atoms with Gasteiger partial charge in [-0.3, -0.25) is 0 Å². The van der Waals surface area contributed by atoms with Crippen LogP contribution in [-0.2, 0) is 11.3 Å². The van der Waals surface area contributed by atoms with Gasteiger partial charge in [-0.05, 0) is 11.5 Å². The predicted molar refractivity (Wildman–Crippen MR) is 43.8 cm³/mol. The van der Waals surface area contributed by atoms with E-state index in [2.05, 4.69) is 0 Å². The molecule has 12 heavy (non-hydrogen) atoms. The Bertz CT molecular complexity index is 331. The molecule has 2 rings (SSSR count). The lowest BCUT2D eigenvalue weighted by atomic mass is 9.79. The molecule has 1 aromatic rings. The Morgan fingerprint density at radius 1 is 1.58 bits per heavy atom. The molecule has 1 aliphatic heterocycles. The SMILES string of the molecule is OB1OCc2c1ccc(Cl)c2F. The van der Waals surface area contributed by atoms with Gasteiger partial charge < -0.3 is 9.68 Å². The quantitative estimate of drug-likeness (QED) is 0.604. The summed E-state index contributed by atoms with van der Waals surface area (Å²) in [6.07, 6.45) is 0. The van der Waals surface area contributed by atoms with Gasteiger partial charge in [-0.15, -0.1) is 0 Å². The third kappa shape index (κ3) is 1.03. The smallest absolute Gasteiger partial charge is 0.423 e. The van der Waals surface area contributed by atoms with Gasteiger partial charge in [-0.25, -0.2) is 4.39 Å². The molecule has 0 aliphatic carbocycles. The van der Waals surface area contributed by atoms with E-state index >= 15 is 0 Å². The van der Waals surface area contributed by atoms with Crippen molar-refractivity contribution >= 4 is 24.2 Å². The molecule has 0 bridgehead atoms. The molecule has 2 nitrogen and oxygen atoms in total. The fourth-order valence-electron chi connectivity index (χ4n) is 1.24. The highest BCUT2D eigenvalue weighted by atomic mass is 35.5. The average molecular weight is 186 g/mol. The third-order valence-electron chi connectivity index (χ3n) is 1.88. The Hall–Kier alpha value is -0.575. The van der Waals surface area contributed by atoms with E-state index in [0.717, 1.165) is 0 Å². The first-order valence-corrected chi connectivity index (χ1v) is 3.84. The molecule has 1 heterocycles. The van der Waals surface area contributed by atoms with Crippen LogP contribution in [0.2, 0.25) is 5.02 Å². The monoisotopic (exact) mass is 186 g/mol. The van der Waals surface area contributed by atoms with Crippen LogP contribution in [-0.4, -0.2) is 12.1 Å². The van der Waals surface area contributed by atoms with Crippen LogP contribution in [0, 0.1) is 5.82 Å². The molecular weight excluding hydrogens is 181 g/mol. The topological polar surface area (TPSA) is 29.5 Å². The number of benzene rings is 1. The molecule has 1 aromatic carbocycles. The van der Waals surface area contributed by atoms with E-state index < -0.39 is 12.9 Å². The van der Waals surface area contributed by atoms with Crippen molar-refractivity contribution in [3.05, 3.63) is 28.5 Å². The first-order valence-electron chi connectivity index (χ1n) is 3.46. The van der Waals surface area contributed by atoms with E-state index in [0.29, 0.717) is 11.0 Å². The first-order chi connectivity index (χ1) is 5.70. The highest BCUT2D eigenvalue weighted by molar-refractivity contribution is 6.61. The van der Waals surface area contributed by atoms with Gasteiger partial charge in [0.05, 0.1) is 11.6 Å². The van der Waals surface area contributed by atoms with E-state index in [9.17, 15) is 4.39 Å². The summed E-state index contributed by atoms with van der Waals surface area (Å²) < 4.78 is 18.0. The molecule has 0 amide bonds. The molecule has 0 spiro atoms. The van der Waals surface area contributed by atoms with Crippen molar-refractivity contribution in [1.82, 2.24) is 0 Å². The summed E-state index contributed by atoms with van der Waals surface area (Å²) >= 11 is 5.53. The van der Waals surface area contributed by atoms with E-state index in [-0.39, 0.29) is 11.6 Å².